The molecule has 0 spiro atoms. The van der Waals surface area contributed by atoms with Gasteiger partial charge in [-0.25, -0.2) is 8.78 Å². The lowest BCUT2D eigenvalue weighted by Crippen LogP contribution is -2.42. The molecule has 1 aromatic rings. The molecule has 1 aliphatic heterocycles. The molecule has 0 aliphatic carbocycles. The highest BCUT2D eigenvalue weighted by molar-refractivity contribution is 5.90. The van der Waals surface area contributed by atoms with Crippen LogP contribution in [0.5, 0.6) is 0 Å². The van der Waals surface area contributed by atoms with Crippen LogP contribution in [0.2, 0.25) is 0 Å². The highest BCUT2D eigenvalue weighted by Crippen LogP contribution is 2.13. The number of cyclic esters (lactones) is 2. The van der Waals surface area contributed by atoms with Crippen molar-refractivity contribution in [2.24, 2.45) is 0 Å². The topological polar surface area (TPSA) is 46.6 Å². The summed E-state index contributed by atoms with van der Waals surface area (Å²) >= 11 is 0. The number of esters is 2. The Morgan fingerprint density at radius 3 is 2.47 bits per heavy atom. The van der Waals surface area contributed by atoms with Crippen molar-refractivity contribution in [3.63, 3.8) is 0 Å². The highest BCUT2D eigenvalue weighted by Gasteiger charge is 2.25. The fourth-order valence-electron chi connectivity index (χ4n) is 1.63. The molecule has 6 heteroatoms. The Balaban J connectivity index is 2.12. The maximum Gasteiger partial charge on any atom is 0.327 e. The fourth-order valence-corrected chi connectivity index (χ4v) is 1.63. The first-order chi connectivity index (χ1) is 8.04. The van der Waals surface area contributed by atoms with Gasteiger partial charge in [-0.2, -0.15) is 0 Å². The Labute approximate surface area is 95.8 Å². The molecule has 17 heavy (non-hydrogen) atoms. The van der Waals surface area contributed by atoms with Crippen LogP contribution in [0.4, 0.5) is 8.78 Å². The van der Waals surface area contributed by atoms with Crippen LogP contribution in [0.25, 0.3) is 0 Å². The van der Waals surface area contributed by atoms with Gasteiger partial charge in [0.05, 0.1) is 13.1 Å². The van der Waals surface area contributed by atoms with Crippen molar-refractivity contribution in [3.05, 3.63) is 35.4 Å². The summed E-state index contributed by atoms with van der Waals surface area (Å²) in [6.45, 7) is -0.228. The van der Waals surface area contributed by atoms with E-state index in [2.05, 4.69) is 4.74 Å². The monoisotopic (exact) mass is 241 g/mol. The molecule has 0 saturated carbocycles. The van der Waals surface area contributed by atoms with Crippen LogP contribution in [0.1, 0.15) is 5.56 Å². The van der Waals surface area contributed by atoms with Crippen LogP contribution in [-0.2, 0) is 20.9 Å². The van der Waals surface area contributed by atoms with Crippen molar-refractivity contribution < 1.29 is 23.1 Å². The SMILES string of the molecule is O=C1CN(Cc2cc(F)ccc2F)CC(=O)O1. The van der Waals surface area contributed by atoms with E-state index in [0.29, 0.717) is 0 Å². The van der Waals surface area contributed by atoms with Gasteiger partial charge in [-0.05, 0) is 18.2 Å². The van der Waals surface area contributed by atoms with E-state index in [0.717, 1.165) is 18.2 Å². The number of carbonyl (C=O) groups is 2. The summed E-state index contributed by atoms with van der Waals surface area (Å²) in [5, 5.41) is 0. The van der Waals surface area contributed by atoms with E-state index in [1.54, 1.807) is 0 Å². The molecule has 1 aliphatic rings. The molecule has 1 fully saturated rings. The van der Waals surface area contributed by atoms with Gasteiger partial charge < -0.3 is 4.74 Å². The molecular weight excluding hydrogens is 232 g/mol. The molecule has 0 radical (unpaired) electrons. The number of ether oxygens (including phenoxy) is 1. The summed E-state index contributed by atoms with van der Waals surface area (Å²) in [6.07, 6.45) is 0. The predicted octanol–water partition coefficient (Wildman–Crippen LogP) is 0.850. The molecule has 0 aromatic heterocycles. The van der Waals surface area contributed by atoms with Crippen LogP contribution in [-0.4, -0.2) is 29.9 Å². The van der Waals surface area contributed by atoms with Crippen LogP contribution in [0.15, 0.2) is 18.2 Å². The van der Waals surface area contributed by atoms with Crippen LogP contribution in [0, 0.1) is 11.6 Å². The molecule has 1 heterocycles. The second-order valence-corrected chi connectivity index (χ2v) is 3.73. The predicted molar refractivity (Wildman–Crippen MR) is 52.7 cm³/mol. The highest BCUT2D eigenvalue weighted by atomic mass is 19.1. The number of benzene rings is 1. The van der Waals surface area contributed by atoms with Gasteiger partial charge in [0, 0.05) is 12.1 Å². The lowest BCUT2D eigenvalue weighted by atomic mass is 10.2. The van der Waals surface area contributed by atoms with Gasteiger partial charge in [-0.15, -0.1) is 0 Å². The van der Waals surface area contributed by atoms with E-state index in [1.807, 2.05) is 0 Å². The molecule has 2 rings (SSSR count). The first kappa shape index (κ1) is 11.7. The average molecular weight is 241 g/mol. The van der Waals surface area contributed by atoms with Crippen molar-refractivity contribution in [1.29, 1.82) is 0 Å². The lowest BCUT2D eigenvalue weighted by molar-refractivity contribution is -0.167. The zero-order valence-corrected chi connectivity index (χ0v) is 8.78. The third kappa shape index (κ3) is 2.85. The van der Waals surface area contributed by atoms with E-state index in [-0.39, 0.29) is 25.2 Å². The fraction of sp³-hybridized carbons (Fsp3) is 0.273. The standard InChI is InChI=1S/C11H9F2NO3/c12-8-1-2-9(13)7(3-8)4-14-5-10(15)17-11(16)6-14/h1-3H,4-6H2. The minimum Gasteiger partial charge on any atom is -0.391 e. The van der Waals surface area contributed by atoms with E-state index in [1.165, 1.54) is 4.90 Å². The van der Waals surface area contributed by atoms with Gasteiger partial charge in [0.25, 0.3) is 0 Å². The minimum absolute atomic E-state index is 0.00949. The average Bonchev–Trinajstić information content (AvgIpc) is 2.22. The third-order valence-electron chi connectivity index (χ3n) is 2.33. The summed E-state index contributed by atoms with van der Waals surface area (Å²) in [5.41, 5.74) is 0.104. The van der Waals surface area contributed by atoms with Gasteiger partial charge in [-0.3, -0.25) is 14.5 Å². The molecule has 0 amide bonds. The van der Waals surface area contributed by atoms with Crippen molar-refractivity contribution in [2.75, 3.05) is 13.1 Å². The number of carbonyl (C=O) groups excluding carboxylic acids is 2. The summed E-state index contributed by atoms with van der Waals surface area (Å²) in [6, 6.07) is 3.06. The molecule has 0 atom stereocenters. The summed E-state index contributed by atoms with van der Waals surface area (Å²) in [5.74, 6) is -2.50. The number of rotatable bonds is 2. The molecule has 0 bridgehead atoms. The molecule has 1 aromatic carbocycles. The van der Waals surface area contributed by atoms with E-state index in [9.17, 15) is 18.4 Å². The van der Waals surface area contributed by atoms with Crippen LogP contribution < -0.4 is 0 Å². The molecule has 4 nitrogen and oxygen atoms in total. The third-order valence-corrected chi connectivity index (χ3v) is 2.33. The second kappa shape index (κ2) is 4.58. The van der Waals surface area contributed by atoms with E-state index in [4.69, 9.17) is 0 Å². The molecule has 0 N–H and O–H groups in total. The Kier molecular flexibility index (Phi) is 3.14. The number of hydrogen-bond acceptors (Lipinski definition) is 4. The van der Waals surface area contributed by atoms with Crippen molar-refractivity contribution in [2.45, 2.75) is 6.54 Å². The van der Waals surface area contributed by atoms with Crippen molar-refractivity contribution in [1.82, 2.24) is 4.90 Å². The van der Waals surface area contributed by atoms with Crippen molar-refractivity contribution in [3.8, 4) is 0 Å². The minimum atomic E-state index is -0.682. The maximum atomic E-state index is 13.3. The summed E-state index contributed by atoms with van der Waals surface area (Å²) < 4.78 is 30.6. The van der Waals surface area contributed by atoms with Gasteiger partial charge in [0.1, 0.15) is 11.6 Å². The first-order valence-corrected chi connectivity index (χ1v) is 4.94. The number of nitrogens with zero attached hydrogens (tertiary/aromatic N) is 1. The number of morpholine rings is 1. The van der Waals surface area contributed by atoms with Crippen LogP contribution >= 0.6 is 0 Å². The van der Waals surface area contributed by atoms with Gasteiger partial charge in [0.15, 0.2) is 0 Å². The zero-order chi connectivity index (χ0) is 12.4. The largest absolute Gasteiger partial charge is 0.391 e. The quantitative estimate of drug-likeness (QED) is 0.569. The first-order valence-electron chi connectivity index (χ1n) is 4.94. The molecule has 90 valence electrons. The summed E-state index contributed by atoms with van der Waals surface area (Å²) in [4.78, 5) is 23.3. The molecular formula is C11H9F2NO3. The van der Waals surface area contributed by atoms with Gasteiger partial charge >= 0.3 is 11.9 Å². The Morgan fingerprint density at radius 2 is 1.82 bits per heavy atom. The number of halogens is 2. The van der Waals surface area contributed by atoms with E-state index < -0.39 is 23.6 Å². The Hall–Kier alpha value is -1.82. The van der Waals surface area contributed by atoms with E-state index >= 15 is 0 Å². The maximum absolute atomic E-state index is 13.3. The lowest BCUT2D eigenvalue weighted by Gasteiger charge is -2.24. The van der Waals surface area contributed by atoms with Gasteiger partial charge in [0.2, 0.25) is 0 Å². The molecule has 1 saturated heterocycles. The van der Waals surface area contributed by atoms with Crippen molar-refractivity contribution >= 4 is 11.9 Å². The Bertz CT molecular complexity index is 460. The zero-order valence-electron chi connectivity index (χ0n) is 8.78. The normalized spacial score (nSPS) is 17.1. The number of hydrogen-bond donors (Lipinski definition) is 0. The second-order valence-electron chi connectivity index (χ2n) is 3.73. The Morgan fingerprint density at radius 1 is 1.18 bits per heavy atom. The molecule has 0 unspecified atom stereocenters. The smallest absolute Gasteiger partial charge is 0.327 e. The van der Waals surface area contributed by atoms with Gasteiger partial charge in [-0.1, -0.05) is 0 Å². The van der Waals surface area contributed by atoms with Crippen LogP contribution in [0.3, 0.4) is 0 Å². The summed E-state index contributed by atoms with van der Waals surface area (Å²) in [7, 11) is 0.